The summed E-state index contributed by atoms with van der Waals surface area (Å²) < 4.78 is 0. The Hall–Kier alpha value is -1.80. The van der Waals surface area contributed by atoms with E-state index in [4.69, 9.17) is 0 Å². The molecule has 0 unspecified atom stereocenters. The summed E-state index contributed by atoms with van der Waals surface area (Å²) in [6, 6.07) is 3.72. The van der Waals surface area contributed by atoms with Crippen LogP contribution in [-0.4, -0.2) is 40.0 Å². The minimum absolute atomic E-state index is 0.0163. The SMILES string of the molecule is CCCc1nnc(NC(=O)C2CCN(C(=O)c3cccs3)CC2)s1. The van der Waals surface area contributed by atoms with Crippen molar-refractivity contribution in [1.82, 2.24) is 15.1 Å². The summed E-state index contributed by atoms with van der Waals surface area (Å²) >= 11 is 2.89. The number of carbonyl (C=O) groups is 2. The minimum Gasteiger partial charge on any atom is -0.338 e. The van der Waals surface area contributed by atoms with Crippen LogP contribution >= 0.6 is 22.7 Å². The van der Waals surface area contributed by atoms with E-state index in [0.29, 0.717) is 31.1 Å². The van der Waals surface area contributed by atoms with Crippen LogP contribution in [0.15, 0.2) is 17.5 Å². The largest absolute Gasteiger partial charge is 0.338 e. The number of nitrogens with zero attached hydrogens (tertiary/aromatic N) is 3. The average molecular weight is 364 g/mol. The van der Waals surface area contributed by atoms with Gasteiger partial charge in [-0.25, -0.2) is 0 Å². The maximum atomic E-state index is 12.4. The number of hydrogen-bond acceptors (Lipinski definition) is 6. The van der Waals surface area contributed by atoms with Gasteiger partial charge in [0.25, 0.3) is 5.91 Å². The normalized spacial score (nSPS) is 15.5. The Morgan fingerprint density at radius 1 is 1.33 bits per heavy atom. The number of nitrogens with one attached hydrogen (secondary N) is 1. The highest BCUT2D eigenvalue weighted by molar-refractivity contribution is 7.15. The molecule has 0 bridgehead atoms. The van der Waals surface area contributed by atoms with Gasteiger partial charge in [0, 0.05) is 25.4 Å². The molecule has 6 nitrogen and oxygen atoms in total. The van der Waals surface area contributed by atoms with Gasteiger partial charge in [0.05, 0.1) is 4.88 Å². The van der Waals surface area contributed by atoms with E-state index in [9.17, 15) is 9.59 Å². The Morgan fingerprint density at radius 3 is 2.79 bits per heavy atom. The van der Waals surface area contributed by atoms with Gasteiger partial charge in [0.1, 0.15) is 5.01 Å². The smallest absolute Gasteiger partial charge is 0.263 e. The molecule has 0 aromatic carbocycles. The van der Waals surface area contributed by atoms with Gasteiger partial charge in [-0.3, -0.25) is 9.59 Å². The third-order valence-electron chi connectivity index (χ3n) is 4.05. The molecule has 3 rings (SSSR count). The number of rotatable bonds is 5. The molecule has 1 aliphatic rings. The van der Waals surface area contributed by atoms with Crippen LogP contribution in [0.4, 0.5) is 5.13 Å². The Balaban J connectivity index is 1.50. The number of hydrogen-bond donors (Lipinski definition) is 1. The molecule has 0 spiro atoms. The lowest BCUT2D eigenvalue weighted by Gasteiger charge is -2.30. The van der Waals surface area contributed by atoms with E-state index in [1.807, 2.05) is 22.4 Å². The lowest BCUT2D eigenvalue weighted by atomic mass is 9.96. The lowest BCUT2D eigenvalue weighted by Crippen LogP contribution is -2.41. The fraction of sp³-hybridized carbons (Fsp3) is 0.500. The number of likely N-dealkylation sites (tertiary alicyclic amines) is 1. The highest BCUT2D eigenvalue weighted by Gasteiger charge is 2.28. The van der Waals surface area contributed by atoms with Gasteiger partial charge in [-0.1, -0.05) is 24.3 Å². The molecule has 128 valence electrons. The van der Waals surface area contributed by atoms with Crippen LogP contribution in [0.5, 0.6) is 0 Å². The number of carbonyl (C=O) groups excluding carboxylic acids is 2. The van der Waals surface area contributed by atoms with Crippen molar-refractivity contribution in [2.75, 3.05) is 18.4 Å². The second kappa shape index (κ2) is 7.85. The van der Waals surface area contributed by atoms with Crippen LogP contribution in [0.25, 0.3) is 0 Å². The van der Waals surface area contributed by atoms with Gasteiger partial charge in [-0.15, -0.1) is 21.5 Å². The fourth-order valence-electron chi connectivity index (χ4n) is 2.73. The molecule has 24 heavy (non-hydrogen) atoms. The number of thiophene rings is 1. The second-order valence-corrected chi connectivity index (χ2v) is 7.79. The quantitative estimate of drug-likeness (QED) is 0.885. The van der Waals surface area contributed by atoms with Crippen LogP contribution in [0, 0.1) is 5.92 Å². The van der Waals surface area contributed by atoms with E-state index in [1.54, 1.807) is 0 Å². The Bertz CT molecular complexity index is 691. The van der Waals surface area contributed by atoms with Gasteiger partial charge < -0.3 is 10.2 Å². The molecule has 1 aliphatic heterocycles. The summed E-state index contributed by atoms with van der Waals surface area (Å²) in [6.45, 7) is 3.32. The molecule has 1 fully saturated rings. The zero-order chi connectivity index (χ0) is 16.9. The molecule has 1 saturated heterocycles. The van der Waals surface area contributed by atoms with E-state index in [0.717, 1.165) is 22.7 Å². The number of aromatic nitrogens is 2. The predicted octanol–water partition coefficient (Wildman–Crippen LogP) is 3.04. The Labute approximate surface area is 148 Å². The molecular weight excluding hydrogens is 344 g/mol. The maximum Gasteiger partial charge on any atom is 0.263 e. The summed E-state index contributed by atoms with van der Waals surface area (Å²) in [6.07, 6.45) is 3.27. The Morgan fingerprint density at radius 2 is 2.12 bits per heavy atom. The second-order valence-electron chi connectivity index (χ2n) is 5.78. The molecule has 0 saturated carbocycles. The minimum atomic E-state index is -0.0732. The molecular formula is C16H20N4O2S2. The van der Waals surface area contributed by atoms with Gasteiger partial charge in [0.15, 0.2) is 0 Å². The summed E-state index contributed by atoms with van der Waals surface area (Å²) in [7, 11) is 0. The Kier molecular flexibility index (Phi) is 5.57. The van der Waals surface area contributed by atoms with E-state index in [2.05, 4.69) is 22.4 Å². The van der Waals surface area contributed by atoms with Crippen molar-refractivity contribution in [2.24, 2.45) is 5.92 Å². The number of aryl methyl sites for hydroxylation is 1. The fourth-order valence-corrected chi connectivity index (χ4v) is 4.26. The predicted molar refractivity (Wildman–Crippen MR) is 95.5 cm³/mol. The summed E-state index contributed by atoms with van der Waals surface area (Å²) in [4.78, 5) is 27.3. The van der Waals surface area contributed by atoms with E-state index in [-0.39, 0.29) is 17.7 Å². The molecule has 0 radical (unpaired) electrons. The molecule has 1 N–H and O–H groups in total. The van der Waals surface area contributed by atoms with Crippen molar-refractivity contribution < 1.29 is 9.59 Å². The molecule has 2 aromatic heterocycles. The van der Waals surface area contributed by atoms with Crippen molar-refractivity contribution in [3.63, 3.8) is 0 Å². The van der Waals surface area contributed by atoms with Crippen LogP contribution in [-0.2, 0) is 11.2 Å². The third-order valence-corrected chi connectivity index (χ3v) is 5.80. The van der Waals surface area contributed by atoms with E-state index in [1.165, 1.54) is 22.7 Å². The molecule has 3 heterocycles. The first-order chi connectivity index (χ1) is 11.7. The number of piperidine rings is 1. The first-order valence-corrected chi connectivity index (χ1v) is 9.83. The van der Waals surface area contributed by atoms with Crippen molar-refractivity contribution >= 4 is 39.6 Å². The topological polar surface area (TPSA) is 75.2 Å². The molecule has 2 aromatic rings. The lowest BCUT2D eigenvalue weighted by molar-refractivity contribution is -0.121. The van der Waals surface area contributed by atoms with Gasteiger partial charge in [0.2, 0.25) is 11.0 Å². The highest BCUT2D eigenvalue weighted by Crippen LogP contribution is 2.23. The van der Waals surface area contributed by atoms with Gasteiger partial charge >= 0.3 is 0 Å². The van der Waals surface area contributed by atoms with Crippen molar-refractivity contribution in [2.45, 2.75) is 32.6 Å². The summed E-state index contributed by atoms with van der Waals surface area (Å²) in [5.74, 6) is -0.0227. The first kappa shape index (κ1) is 17.0. The maximum absolute atomic E-state index is 12.4. The summed E-state index contributed by atoms with van der Waals surface area (Å²) in [5.41, 5.74) is 0. The zero-order valence-corrected chi connectivity index (χ0v) is 15.2. The summed E-state index contributed by atoms with van der Waals surface area (Å²) in [5, 5.41) is 14.4. The van der Waals surface area contributed by atoms with Crippen molar-refractivity contribution in [3.05, 3.63) is 27.4 Å². The van der Waals surface area contributed by atoms with Crippen molar-refractivity contribution in [3.8, 4) is 0 Å². The number of anilines is 1. The molecule has 0 aliphatic carbocycles. The highest BCUT2D eigenvalue weighted by atomic mass is 32.1. The van der Waals surface area contributed by atoms with Crippen LogP contribution < -0.4 is 5.32 Å². The third kappa shape index (κ3) is 3.99. The van der Waals surface area contributed by atoms with Gasteiger partial charge in [-0.2, -0.15) is 0 Å². The molecule has 2 amide bonds. The monoisotopic (exact) mass is 364 g/mol. The molecule has 8 heteroatoms. The van der Waals surface area contributed by atoms with Crippen LogP contribution in [0.1, 0.15) is 40.9 Å². The van der Waals surface area contributed by atoms with E-state index >= 15 is 0 Å². The van der Waals surface area contributed by atoms with Gasteiger partial charge in [-0.05, 0) is 30.7 Å². The van der Waals surface area contributed by atoms with E-state index < -0.39 is 0 Å². The zero-order valence-electron chi connectivity index (χ0n) is 13.5. The molecule has 0 atom stereocenters. The number of amides is 2. The first-order valence-electron chi connectivity index (χ1n) is 8.13. The van der Waals surface area contributed by atoms with Crippen LogP contribution in [0.3, 0.4) is 0 Å². The average Bonchev–Trinajstić information content (AvgIpc) is 3.27. The standard InChI is InChI=1S/C16H20N4O2S2/c1-2-4-13-18-19-16(24-13)17-14(21)11-6-8-20(9-7-11)15(22)12-5-3-10-23-12/h3,5,10-11H,2,4,6-9H2,1H3,(H,17,19,21). The van der Waals surface area contributed by atoms with Crippen LogP contribution in [0.2, 0.25) is 0 Å². The van der Waals surface area contributed by atoms with Crippen molar-refractivity contribution in [1.29, 1.82) is 0 Å².